The van der Waals surface area contributed by atoms with Crippen molar-refractivity contribution in [3.8, 4) is 0 Å². The number of hydrogen-bond donors (Lipinski definition) is 16. The second kappa shape index (κ2) is 24.9. The second-order valence-electron chi connectivity index (χ2n) is 29.0. The number of carbonyl (C=O) groups is 1. The molecule has 0 radical (unpaired) electrons. The average molecular weight is 1240 g/mol. The zero-order chi connectivity index (χ0) is 62.7. The van der Waals surface area contributed by atoms with E-state index in [1.54, 1.807) is 0 Å². The largest absolute Gasteiger partial charge is 0.459 e. The van der Waals surface area contributed by atoms with Crippen LogP contribution in [0.25, 0.3) is 0 Å². The molecule has 10 rings (SSSR count). The molecule has 6 aliphatic carbocycles. The quantitative estimate of drug-likeness (QED) is 0.0471. The predicted octanol–water partition coefficient (Wildman–Crippen LogP) is -2.91. The normalized spacial score (nSPS) is 54.8. The maximum Gasteiger partial charge on any atom is 0.313 e. The summed E-state index contributed by atoms with van der Waals surface area (Å²) in [5, 5.41) is 173. The predicted molar refractivity (Wildman–Crippen MR) is 293 cm³/mol. The van der Waals surface area contributed by atoms with Crippen molar-refractivity contribution in [2.75, 3.05) is 33.0 Å². The minimum atomic E-state index is -1.90. The number of esters is 1. The van der Waals surface area contributed by atoms with Crippen molar-refractivity contribution in [1.82, 2.24) is 0 Å². The van der Waals surface area contributed by atoms with E-state index in [1.807, 2.05) is 6.92 Å². The van der Waals surface area contributed by atoms with E-state index >= 15 is 4.79 Å². The van der Waals surface area contributed by atoms with Gasteiger partial charge in [0.2, 0.25) is 0 Å². The Hall–Kier alpha value is -1.75. The van der Waals surface area contributed by atoms with E-state index in [4.69, 9.17) is 42.6 Å². The van der Waals surface area contributed by atoms with Crippen molar-refractivity contribution in [3.05, 3.63) is 11.6 Å². The van der Waals surface area contributed by atoms with Crippen LogP contribution >= 0.6 is 0 Å². The number of hydrogen-bond acceptors (Lipinski definition) is 26. The molecular formula is C60H98O26. The van der Waals surface area contributed by atoms with Gasteiger partial charge in [0, 0.05) is 11.3 Å². The fourth-order valence-electron chi connectivity index (χ4n) is 18.0. The topological polar surface area (TPSA) is 424 Å². The molecule has 5 saturated carbocycles. The molecule has 16 N–H and O–H groups in total. The highest BCUT2D eigenvalue weighted by molar-refractivity contribution is 5.79. The summed E-state index contributed by atoms with van der Waals surface area (Å²) in [5.41, 5.74) is -1.88. The third-order valence-corrected chi connectivity index (χ3v) is 23.8. The van der Waals surface area contributed by atoms with Gasteiger partial charge in [0.25, 0.3) is 0 Å². The first-order valence-electron chi connectivity index (χ1n) is 31.1. The van der Waals surface area contributed by atoms with E-state index in [-0.39, 0.29) is 60.2 Å². The highest BCUT2D eigenvalue weighted by Gasteiger charge is 2.71. The highest BCUT2D eigenvalue weighted by Crippen LogP contribution is 2.76. The Morgan fingerprint density at radius 2 is 1.20 bits per heavy atom. The lowest BCUT2D eigenvalue weighted by molar-refractivity contribution is -0.391. The van der Waals surface area contributed by atoms with Crippen molar-refractivity contribution < 1.29 is 129 Å². The van der Waals surface area contributed by atoms with Crippen LogP contribution in [-0.4, -0.2) is 268 Å². The molecule has 4 heterocycles. The van der Waals surface area contributed by atoms with Gasteiger partial charge >= 0.3 is 5.97 Å². The molecule has 0 spiro atoms. The molecule has 494 valence electrons. The van der Waals surface area contributed by atoms with Gasteiger partial charge in [-0.05, 0) is 117 Å². The Morgan fingerprint density at radius 3 is 1.85 bits per heavy atom. The van der Waals surface area contributed by atoms with Crippen molar-refractivity contribution in [2.45, 2.75) is 266 Å². The average Bonchev–Trinajstić information content (AvgIpc) is 0.684. The van der Waals surface area contributed by atoms with Crippen LogP contribution in [0.15, 0.2) is 11.6 Å². The maximum atomic E-state index is 15.2. The van der Waals surface area contributed by atoms with Crippen LogP contribution < -0.4 is 0 Å². The van der Waals surface area contributed by atoms with Gasteiger partial charge in [-0.15, -0.1) is 0 Å². The minimum Gasteiger partial charge on any atom is -0.459 e. The first-order chi connectivity index (χ1) is 40.4. The van der Waals surface area contributed by atoms with Gasteiger partial charge in [0.15, 0.2) is 25.2 Å². The lowest BCUT2D eigenvalue weighted by Crippen LogP contribution is -2.67. The number of ether oxygens (including phenoxy) is 9. The van der Waals surface area contributed by atoms with Crippen molar-refractivity contribution >= 4 is 5.97 Å². The summed E-state index contributed by atoms with van der Waals surface area (Å²) in [5.74, 6) is -1.67. The van der Waals surface area contributed by atoms with Gasteiger partial charge in [-0.1, -0.05) is 53.2 Å². The van der Waals surface area contributed by atoms with Crippen molar-refractivity contribution in [1.29, 1.82) is 0 Å². The smallest absolute Gasteiger partial charge is 0.313 e. The van der Waals surface area contributed by atoms with Gasteiger partial charge in [-0.3, -0.25) is 4.79 Å². The molecule has 33 atom stereocenters. The molecule has 0 aromatic rings. The fraction of sp³-hybridized carbons (Fsp3) is 0.950. The van der Waals surface area contributed by atoms with Crippen LogP contribution in [-0.2, 0) is 47.4 Å². The van der Waals surface area contributed by atoms with E-state index in [1.165, 1.54) is 12.5 Å². The van der Waals surface area contributed by atoms with E-state index in [0.717, 1.165) is 12.8 Å². The number of aliphatic hydroxyl groups is 16. The molecule has 86 heavy (non-hydrogen) atoms. The van der Waals surface area contributed by atoms with Gasteiger partial charge < -0.3 is 124 Å². The van der Waals surface area contributed by atoms with E-state index in [0.29, 0.717) is 51.4 Å². The lowest BCUT2D eigenvalue weighted by Gasteiger charge is -2.71. The van der Waals surface area contributed by atoms with Crippen LogP contribution in [0.3, 0.4) is 0 Å². The third kappa shape index (κ3) is 11.2. The molecule has 0 unspecified atom stereocenters. The minimum absolute atomic E-state index is 0.102. The van der Waals surface area contributed by atoms with E-state index in [9.17, 15) is 81.7 Å². The van der Waals surface area contributed by atoms with Crippen molar-refractivity contribution in [3.63, 3.8) is 0 Å². The Morgan fingerprint density at radius 1 is 0.593 bits per heavy atom. The molecule has 26 nitrogen and oxygen atoms in total. The number of allylic oxidation sites excluding steroid dienone is 2. The second-order valence-corrected chi connectivity index (χ2v) is 29.0. The number of aliphatic hydroxyl groups excluding tert-OH is 16. The van der Waals surface area contributed by atoms with E-state index < -0.39 is 189 Å². The standard InChI is InChI=1S/C60H98O26/c1-25-36(65)45(74)49(85-51-47(76)44(73)41(70)32(21-62)82-51)53(80-25)86-48-38(67)29(64)23-79-52(48)84-35-11-12-56(4)33(57(35,5)24-63)10-13-59(7)34(56)9-8-27-28-19-55(2,3)14-16-60(28,17-15-58(27,59)6)54(77)83-30-18-26(37(66)42(71)39(30)68)22-78-50-46(75)43(72)40(69)31(20-61)81-50/h8,25-26,28-53,61-76H,9-24H2,1-7H3/t25-,26+,28-,29-,30+,31+,32+,33-,34-,35-,36-,37+,38-,39-,40+,41+,42-,43-,44-,45+,46+,47+,48+,49+,50+,51-,52-,53-,56-,57-,58+,59-,60-/m0/s1. The molecule has 0 amide bonds. The molecule has 9 fully saturated rings. The summed E-state index contributed by atoms with van der Waals surface area (Å²) in [6, 6.07) is 0. The Labute approximate surface area is 500 Å². The SMILES string of the molecule is C[C@@H]1O[C@@H](O[C@H]2[C@H](O[C@H]3CC[C@@]4(C)[C@H](CC[C@@]5(C)[C@H]4CC=C4[C@@H]6CC(C)(C)CC[C@]6(C(=O)O[C@@H]6C[C@H](CO[C@@H]7O[C@H](CO)[C@@H](O)[C@H](O)[C@H]7O)[C@@H](O)[C@H](O)[C@H]6O)CC[C@]45C)[C@]3(C)CO)OC[C@H](O)[C@@H]2O)[C@H](O[C@@H]2O[C@H](CO)[C@@H](O)[C@H](O)[C@H]2O)[C@H](O)[C@H]1O. The summed E-state index contributed by atoms with van der Waals surface area (Å²) >= 11 is 0. The molecule has 0 bridgehead atoms. The molecule has 26 heteroatoms. The van der Waals surface area contributed by atoms with Gasteiger partial charge in [-0.2, -0.15) is 0 Å². The maximum absolute atomic E-state index is 15.2. The first kappa shape index (κ1) is 67.1. The van der Waals surface area contributed by atoms with E-state index in [2.05, 4.69) is 40.7 Å². The summed E-state index contributed by atoms with van der Waals surface area (Å²) in [4.78, 5) is 15.2. The summed E-state index contributed by atoms with van der Waals surface area (Å²) < 4.78 is 54.4. The summed E-state index contributed by atoms with van der Waals surface area (Å²) in [6.45, 7) is 12.4. The number of fused-ring (bicyclic) bond motifs is 7. The van der Waals surface area contributed by atoms with Gasteiger partial charge in [0.1, 0.15) is 104 Å². The highest BCUT2D eigenvalue weighted by atomic mass is 16.8. The molecular weight excluding hydrogens is 1140 g/mol. The zero-order valence-corrected chi connectivity index (χ0v) is 50.3. The Kier molecular flexibility index (Phi) is 19.5. The first-order valence-corrected chi connectivity index (χ1v) is 31.1. The monoisotopic (exact) mass is 1230 g/mol. The zero-order valence-electron chi connectivity index (χ0n) is 50.3. The van der Waals surface area contributed by atoms with Crippen LogP contribution in [0.2, 0.25) is 0 Å². The molecule has 0 aromatic heterocycles. The van der Waals surface area contributed by atoms with Crippen LogP contribution in [0, 0.1) is 56.2 Å². The third-order valence-electron chi connectivity index (χ3n) is 23.8. The van der Waals surface area contributed by atoms with Crippen molar-refractivity contribution in [2.24, 2.45) is 56.2 Å². The summed E-state index contributed by atoms with van der Waals surface area (Å²) in [7, 11) is 0. The van der Waals surface area contributed by atoms with Gasteiger partial charge in [-0.25, -0.2) is 0 Å². The Balaban J connectivity index is 0.862. The molecule has 4 aliphatic heterocycles. The summed E-state index contributed by atoms with van der Waals surface area (Å²) in [6.07, 6.45) is -28.6. The van der Waals surface area contributed by atoms with Crippen LogP contribution in [0.1, 0.15) is 119 Å². The van der Waals surface area contributed by atoms with Crippen LogP contribution in [0.5, 0.6) is 0 Å². The Bertz CT molecular complexity index is 2380. The number of rotatable bonds is 14. The number of carbonyl (C=O) groups excluding carboxylic acids is 1. The molecule has 4 saturated heterocycles. The fourth-order valence-corrected chi connectivity index (χ4v) is 18.0. The molecule has 0 aromatic carbocycles. The van der Waals surface area contributed by atoms with Crippen LogP contribution in [0.4, 0.5) is 0 Å². The van der Waals surface area contributed by atoms with Gasteiger partial charge in [0.05, 0.1) is 56.8 Å². The lowest BCUT2D eigenvalue weighted by atomic mass is 9.33. The molecule has 10 aliphatic rings.